The van der Waals surface area contributed by atoms with Crippen molar-refractivity contribution in [2.75, 3.05) is 13.1 Å². The van der Waals surface area contributed by atoms with Crippen LogP contribution < -0.4 is 10.1 Å². The zero-order valence-corrected chi connectivity index (χ0v) is 20.2. The third kappa shape index (κ3) is 6.13. The van der Waals surface area contributed by atoms with Crippen molar-refractivity contribution in [3.05, 3.63) is 30.1 Å². The third-order valence-corrected chi connectivity index (χ3v) is 6.62. The Morgan fingerprint density at radius 1 is 1.12 bits per heavy atom. The number of benzene rings is 1. The fraction of sp³-hybridized carbons (Fsp3) is 0.720. The van der Waals surface area contributed by atoms with E-state index in [1.165, 1.54) is 6.07 Å². The monoisotopic (exact) mass is 450 g/mol. The largest absolute Gasteiger partial charge is 0.485 e. The van der Waals surface area contributed by atoms with Gasteiger partial charge in [-0.15, -0.1) is 0 Å². The minimum absolute atomic E-state index is 0.111. The van der Waals surface area contributed by atoms with Gasteiger partial charge in [0, 0.05) is 6.42 Å². The normalized spacial score (nSPS) is 27.9. The summed E-state index contributed by atoms with van der Waals surface area (Å²) in [6.07, 6.45) is 0.433. The Morgan fingerprint density at radius 3 is 2.31 bits per heavy atom. The van der Waals surface area contributed by atoms with Crippen molar-refractivity contribution in [1.82, 2.24) is 10.2 Å². The third-order valence-electron chi connectivity index (χ3n) is 6.62. The Labute approximate surface area is 191 Å². The van der Waals surface area contributed by atoms with Gasteiger partial charge in [-0.25, -0.2) is 9.18 Å². The van der Waals surface area contributed by atoms with Gasteiger partial charge in [-0.2, -0.15) is 0 Å². The molecule has 0 unspecified atom stereocenters. The number of hydrogen-bond acceptors (Lipinski definition) is 5. The van der Waals surface area contributed by atoms with Gasteiger partial charge >= 0.3 is 6.09 Å². The zero-order chi connectivity index (χ0) is 23.7. The molecule has 6 nitrogen and oxygen atoms in total. The maximum absolute atomic E-state index is 14.2. The fourth-order valence-electron chi connectivity index (χ4n) is 4.95. The first-order valence-corrected chi connectivity index (χ1v) is 11.7. The Kier molecular flexibility index (Phi) is 7.40. The van der Waals surface area contributed by atoms with Gasteiger partial charge in [-0.1, -0.05) is 32.9 Å². The molecule has 4 atom stereocenters. The van der Waals surface area contributed by atoms with Crippen LogP contribution >= 0.6 is 0 Å². The van der Waals surface area contributed by atoms with Gasteiger partial charge in [0.25, 0.3) is 0 Å². The highest BCUT2D eigenvalue weighted by atomic mass is 19.1. The van der Waals surface area contributed by atoms with Gasteiger partial charge in [0.1, 0.15) is 17.8 Å². The summed E-state index contributed by atoms with van der Waals surface area (Å²) in [6, 6.07) is 5.51. The van der Waals surface area contributed by atoms with Crippen LogP contribution in [0.15, 0.2) is 24.3 Å². The molecule has 180 valence electrons. The summed E-state index contributed by atoms with van der Waals surface area (Å²) in [4.78, 5) is 14.8. The van der Waals surface area contributed by atoms with Crippen molar-refractivity contribution in [1.29, 1.82) is 0 Å². The van der Waals surface area contributed by atoms with Crippen molar-refractivity contribution in [2.24, 2.45) is 11.3 Å². The number of alkyl carbamates (subject to hydrolysis) is 1. The maximum Gasteiger partial charge on any atom is 0.407 e. The van der Waals surface area contributed by atoms with E-state index < -0.39 is 29.7 Å². The van der Waals surface area contributed by atoms with E-state index in [0.29, 0.717) is 12.3 Å². The summed E-state index contributed by atoms with van der Waals surface area (Å²) in [5.41, 5.74) is -0.379. The van der Waals surface area contributed by atoms with Gasteiger partial charge in [0.2, 0.25) is 0 Å². The Balaban J connectivity index is 1.75. The molecule has 1 aromatic rings. The van der Waals surface area contributed by atoms with Gasteiger partial charge in [0.05, 0.1) is 12.1 Å². The number of hydrogen-bond donors (Lipinski definition) is 2. The summed E-state index contributed by atoms with van der Waals surface area (Å²) >= 11 is 0. The number of halogens is 1. The van der Waals surface area contributed by atoms with Crippen LogP contribution in [0.3, 0.4) is 0 Å². The van der Waals surface area contributed by atoms with E-state index in [0.717, 1.165) is 25.9 Å². The SMILES string of the molecule is CC(C)(C)OC(=O)N[C@@H]1C[C@@H](Oc2ccccc2F)[C@H](O)[C@H]1N1CCC(C(C)(C)C)CC1. The van der Waals surface area contributed by atoms with E-state index in [9.17, 15) is 14.3 Å². The van der Waals surface area contributed by atoms with Crippen molar-refractivity contribution in [3.63, 3.8) is 0 Å². The first kappa shape index (κ1) is 24.8. The lowest BCUT2D eigenvalue weighted by molar-refractivity contribution is -0.0127. The number of aliphatic hydroxyl groups excluding tert-OH is 1. The lowest BCUT2D eigenvalue weighted by Crippen LogP contribution is -2.56. The molecule has 0 radical (unpaired) electrons. The lowest BCUT2D eigenvalue weighted by Gasteiger charge is -2.43. The van der Waals surface area contributed by atoms with Crippen molar-refractivity contribution < 1.29 is 23.8 Å². The van der Waals surface area contributed by atoms with Crippen LogP contribution in [0.1, 0.15) is 60.8 Å². The number of nitrogens with zero attached hydrogens (tertiary/aromatic N) is 1. The van der Waals surface area contributed by atoms with Gasteiger partial charge in [0.15, 0.2) is 11.6 Å². The molecular formula is C25H39FN2O4. The van der Waals surface area contributed by atoms with Crippen LogP contribution in [0.5, 0.6) is 5.75 Å². The van der Waals surface area contributed by atoms with Crippen molar-refractivity contribution in [3.8, 4) is 5.75 Å². The highest BCUT2D eigenvalue weighted by Crippen LogP contribution is 2.37. The second kappa shape index (κ2) is 9.56. The Morgan fingerprint density at radius 2 is 1.75 bits per heavy atom. The number of nitrogens with one attached hydrogen (secondary N) is 1. The molecule has 2 fully saturated rings. The van der Waals surface area contributed by atoms with Crippen LogP contribution in [0, 0.1) is 17.2 Å². The van der Waals surface area contributed by atoms with E-state index in [2.05, 4.69) is 31.0 Å². The Bertz CT molecular complexity index is 781. The van der Waals surface area contributed by atoms with Gasteiger partial charge in [-0.3, -0.25) is 4.90 Å². The molecule has 32 heavy (non-hydrogen) atoms. The van der Waals surface area contributed by atoms with Crippen LogP contribution in [0.25, 0.3) is 0 Å². The molecule has 0 bridgehead atoms. The van der Waals surface area contributed by atoms with E-state index in [1.807, 2.05) is 20.8 Å². The summed E-state index contributed by atoms with van der Waals surface area (Å²) in [7, 11) is 0. The first-order valence-electron chi connectivity index (χ1n) is 11.7. The molecule has 3 rings (SSSR count). The number of ether oxygens (including phenoxy) is 2. The topological polar surface area (TPSA) is 71.0 Å². The molecule has 0 aromatic heterocycles. The molecule has 0 spiro atoms. The molecule has 1 saturated carbocycles. The summed E-state index contributed by atoms with van der Waals surface area (Å²) < 4.78 is 25.5. The van der Waals surface area contributed by atoms with Crippen LogP contribution in [-0.4, -0.2) is 59.1 Å². The fourth-order valence-corrected chi connectivity index (χ4v) is 4.95. The van der Waals surface area contributed by atoms with E-state index in [4.69, 9.17) is 9.47 Å². The van der Waals surface area contributed by atoms with Crippen molar-refractivity contribution in [2.45, 2.75) is 90.7 Å². The minimum Gasteiger partial charge on any atom is -0.485 e. The lowest BCUT2D eigenvalue weighted by atomic mass is 9.75. The predicted molar refractivity (Wildman–Crippen MR) is 122 cm³/mol. The number of carbonyl (C=O) groups is 1. The number of likely N-dealkylation sites (tertiary alicyclic amines) is 1. The molecule has 1 heterocycles. The average molecular weight is 451 g/mol. The molecule has 1 aliphatic heterocycles. The molecule has 2 N–H and O–H groups in total. The van der Waals surface area contributed by atoms with Crippen LogP contribution in [0.4, 0.5) is 9.18 Å². The highest BCUT2D eigenvalue weighted by Gasteiger charge is 2.49. The number of para-hydroxylation sites is 1. The standard InChI is InChI=1S/C25H39FN2O4/c1-24(2,3)16-11-13-28(14-12-16)21-18(27-23(30)32-25(4,5)6)15-20(22(21)29)31-19-10-8-7-9-17(19)26/h7-10,16,18,20-22,29H,11-15H2,1-6H3,(H,27,30)/t18-,20-,21+,22+/m1/s1. The van der Waals surface area contributed by atoms with E-state index in [-0.39, 0.29) is 23.2 Å². The smallest absolute Gasteiger partial charge is 0.407 e. The van der Waals surface area contributed by atoms with E-state index in [1.54, 1.807) is 18.2 Å². The summed E-state index contributed by atoms with van der Waals surface area (Å²) in [5, 5.41) is 14.2. The van der Waals surface area contributed by atoms with Crippen molar-refractivity contribution >= 4 is 6.09 Å². The zero-order valence-electron chi connectivity index (χ0n) is 20.2. The number of piperidine rings is 1. The second-order valence-corrected chi connectivity index (χ2v) is 11.2. The van der Waals surface area contributed by atoms with Gasteiger partial charge < -0.3 is 19.9 Å². The van der Waals surface area contributed by atoms with E-state index >= 15 is 0 Å². The number of amides is 1. The molecule has 2 aliphatic rings. The predicted octanol–water partition coefficient (Wildman–Crippen LogP) is 4.36. The van der Waals surface area contributed by atoms with Gasteiger partial charge in [-0.05, 0) is 70.2 Å². The second-order valence-electron chi connectivity index (χ2n) is 11.2. The minimum atomic E-state index is -0.860. The molecule has 7 heteroatoms. The quantitative estimate of drug-likeness (QED) is 0.713. The summed E-state index contributed by atoms with van der Waals surface area (Å²) in [6.45, 7) is 13.9. The number of carbonyl (C=O) groups excluding carboxylic acids is 1. The number of rotatable bonds is 4. The molecule has 1 amide bonds. The molecule has 1 aromatic carbocycles. The highest BCUT2D eigenvalue weighted by molar-refractivity contribution is 5.68. The van der Waals surface area contributed by atoms with Crippen LogP contribution in [0.2, 0.25) is 0 Å². The summed E-state index contributed by atoms with van der Waals surface area (Å²) in [5.74, 6) is 0.255. The van der Waals surface area contributed by atoms with Crippen LogP contribution in [-0.2, 0) is 4.74 Å². The first-order chi connectivity index (χ1) is 14.8. The average Bonchev–Trinajstić information content (AvgIpc) is 2.96. The maximum atomic E-state index is 14.2. The number of aliphatic hydroxyl groups is 1. The Hall–Kier alpha value is -1.86. The molecular weight excluding hydrogens is 411 g/mol. The molecule has 1 saturated heterocycles. The molecule has 1 aliphatic carbocycles.